The maximum Gasteiger partial charge on any atom is 0.334 e. The second-order valence-electron chi connectivity index (χ2n) is 8.17. The second kappa shape index (κ2) is 24.0. The molecule has 0 aromatic rings. The molecule has 0 aliphatic heterocycles. The van der Waals surface area contributed by atoms with E-state index in [1.165, 1.54) is 134 Å². The smallest absolute Gasteiger partial charge is 0.334 e. The molecule has 0 aliphatic rings. The van der Waals surface area contributed by atoms with Crippen molar-refractivity contribution in [1.82, 2.24) is 0 Å². The molecule has 0 aromatic carbocycles. The highest BCUT2D eigenvalue weighted by atomic mass is 16.5. The Morgan fingerprint density at radius 3 is 1.36 bits per heavy atom. The van der Waals surface area contributed by atoms with Gasteiger partial charge >= 0.3 is 5.97 Å². The summed E-state index contributed by atoms with van der Waals surface area (Å²) in [7, 11) is 0. The molecule has 0 N–H and O–H groups in total. The maximum atomic E-state index is 10.8. The number of esters is 1. The van der Waals surface area contributed by atoms with E-state index in [9.17, 15) is 4.79 Å². The van der Waals surface area contributed by atoms with Crippen molar-refractivity contribution in [3.05, 3.63) is 25.0 Å². The first-order chi connectivity index (χ1) is 13.8. The summed E-state index contributed by atoms with van der Waals surface area (Å²) in [4.78, 5) is 10.8. The molecule has 0 rings (SSSR count). The zero-order chi connectivity index (χ0) is 20.5. The molecule has 0 amide bonds. The fraction of sp³-hybridized carbons (Fsp3) is 0.808. The van der Waals surface area contributed by atoms with Crippen molar-refractivity contribution in [2.75, 3.05) is 0 Å². The van der Waals surface area contributed by atoms with Crippen molar-refractivity contribution in [1.29, 1.82) is 0 Å². The van der Waals surface area contributed by atoms with E-state index < -0.39 is 0 Å². The number of carbonyl (C=O) groups excluding carboxylic acids is 1. The van der Waals surface area contributed by atoms with Crippen LogP contribution < -0.4 is 0 Å². The molecule has 28 heavy (non-hydrogen) atoms. The van der Waals surface area contributed by atoms with E-state index >= 15 is 0 Å². The number of rotatable bonds is 22. The highest BCUT2D eigenvalue weighted by Crippen LogP contribution is 2.14. The van der Waals surface area contributed by atoms with Crippen molar-refractivity contribution < 1.29 is 9.53 Å². The third-order valence-corrected chi connectivity index (χ3v) is 5.42. The fourth-order valence-corrected chi connectivity index (χ4v) is 3.57. The third-order valence-electron chi connectivity index (χ3n) is 5.42. The van der Waals surface area contributed by atoms with Gasteiger partial charge in [-0.1, -0.05) is 129 Å². The molecule has 0 aliphatic carbocycles. The van der Waals surface area contributed by atoms with E-state index in [1.54, 1.807) is 0 Å². The number of carbonyl (C=O) groups is 1. The van der Waals surface area contributed by atoms with Crippen LogP contribution in [0.3, 0.4) is 0 Å². The Morgan fingerprint density at radius 2 is 1.00 bits per heavy atom. The molecule has 2 nitrogen and oxygen atoms in total. The summed E-state index contributed by atoms with van der Waals surface area (Å²) >= 11 is 0. The maximum absolute atomic E-state index is 10.8. The molecule has 0 atom stereocenters. The molecular weight excluding hydrogens is 344 g/mol. The summed E-state index contributed by atoms with van der Waals surface area (Å²) in [5.74, 6) is -0.385. The van der Waals surface area contributed by atoms with E-state index in [4.69, 9.17) is 4.74 Å². The fourth-order valence-electron chi connectivity index (χ4n) is 3.57. The SMILES string of the molecule is C=CC(=O)OC=CCCCCCCCCCCCCCCCCCCCCC. The number of allylic oxidation sites excluding steroid dienone is 1. The molecule has 0 saturated heterocycles. The summed E-state index contributed by atoms with van der Waals surface area (Å²) < 4.78 is 4.79. The lowest BCUT2D eigenvalue weighted by molar-refractivity contribution is -0.132. The van der Waals surface area contributed by atoms with Gasteiger partial charge in [0.1, 0.15) is 0 Å². The van der Waals surface area contributed by atoms with Crippen LogP contribution in [-0.4, -0.2) is 5.97 Å². The summed E-state index contributed by atoms with van der Waals surface area (Å²) in [6, 6.07) is 0. The molecule has 0 bridgehead atoms. The molecular formula is C26H48O2. The molecule has 164 valence electrons. The first kappa shape index (κ1) is 27.0. The minimum atomic E-state index is -0.385. The van der Waals surface area contributed by atoms with Crippen LogP contribution in [0.5, 0.6) is 0 Å². The van der Waals surface area contributed by atoms with Crippen molar-refractivity contribution >= 4 is 5.97 Å². The minimum absolute atomic E-state index is 0.385. The molecule has 0 radical (unpaired) electrons. The zero-order valence-electron chi connectivity index (χ0n) is 18.9. The monoisotopic (exact) mass is 392 g/mol. The molecule has 0 aromatic heterocycles. The van der Waals surface area contributed by atoms with Crippen LogP contribution in [-0.2, 0) is 9.53 Å². The lowest BCUT2D eigenvalue weighted by Gasteiger charge is -2.03. The number of ether oxygens (including phenoxy) is 1. The van der Waals surface area contributed by atoms with Gasteiger partial charge in [-0.05, 0) is 18.9 Å². The topological polar surface area (TPSA) is 26.3 Å². The van der Waals surface area contributed by atoms with Crippen LogP contribution in [0.15, 0.2) is 25.0 Å². The van der Waals surface area contributed by atoms with E-state index in [1.807, 2.05) is 6.08 Å². The highest BCUT2D eigenvalue weighted by molar-refractivity contribution is 5.81. The van der Waals surface area contributed by atoms with Crippen LogP contribution in [0, 0.1) is 0 Å². The quantitative estimate of drug-likeness (QED) is 0.0794. The molecule has 2 heteroatoms. The Morgan fingerprint density at radius 1 is 0.643 bits per heavy atom. The van der Waals surface area contributed by atoms with Gasteiger partial charge in [-0.3, -0.25) is 0 Å². The first-order valence-electron chi connectivity index (χ1n) is 12.3. The predicted molar refractivity (Wildman–Crippen MR) is 123 cm³/mol. The van der Waals surface area contributed by atoms with Crippen molar-refractivity contribution in [3.8, 4) is 0 Å². The highest BCUT2D eigenvalue weighted by Gasteiger charge is 1.95. The molecule has 0 spiro atoms. The van der Waals surface area contributed by atoms with Crippen molar-refractivity contribution in [3.63, 3.8) is 0 Å². The largest absolute Gasteiger partial charge is 0.432 e. The summed E-state index contributed by atoms with van der Waals surface area (Å²) in [6.07, 6.45) is 32.3. The van der Waals surface area contributed by atoms with Crippen LogP contribution in [0.4, 0.5) is 0 Å². The number of hydrogen-bond acceptors (Lipinski definition) is 2. The van der Waals surface area contributed by atoms with E-state index in [0.29, 0.717) is 0 Å². The summed E-state index contributed by atoms with van der Waals surface area (Å²) in [5.41, 5.74) is 0. The third kappa shape index (κ3) is 23.0. The Balaban J connectivity index is 3.06. The minimum Gasteiger partial charge on any atom is -0.432 e. The van der Waals surface area contributed by atoms with Crippen LogP contribution in [0.1, 0.15) is 135 Å². The summed E-state index contributed by atoms with van der Waals surface area (Å²) in [5, 5.41) is 0. The predicted octanol–water partition coefficient (Wildman–Crippen LogP) is 9.05. The number of unbranched alkanes of at least 4 members (excludes halogenated alkanes) is 19. The Labute approximate surface area is 176 Å². The number of hydrogen-bond donors (Lipinski definition) is 0. The Hall–Kier alpha value is -1.05. The summed E-state index contributed by atoms with van der Waals surface area (Å²) in [6.45, 7) is 5.65. The molecule has 0 unspecified atom stereocenters. The van der Waals surface area contributed by atoms with E-state index in [2.05, 4.69) is 13.5 Å². The lowest BCUT2D eigenvalue weighted by atomic mass is 10.0. The molecule has 0 saturated carbocycles. The molecule has 0 fully saturated rings. The van der Waals surface area contributed by atoms with Gasteiger partial charge in [-0.25, -0.2) is 4.79 Å². The van der Waals surface area contributed by atoms with E-state index in [0.717, 1.165) is 6.42 Å². The van der Waals surface area contributed by atoms with E-state index in [-0.39, 0.29) is 5.97 Å². The average Bonchev–Trinajstić information content (AvgIpc) is 2.71. The van der Waals surface area contributed by atoms with Gasteiger partial charge in [0.05, 0.1) is 6.26 Å². The standard InChI is InChI=1S/C26H48O2/c1-3-5-6-7-8-9-10-11-12-13-14-15-16-17-18-19-20-21-22-23-24-25-28-26(27)4-2/h4,24-25H,2-3,5-23H2,1H3. The lowest BCUT2D eigenvalue weighted by Crippen LogP contribution is -1.91. The van der Waals surface area contributed by atoms with Crippen molar-refractivity contribution in [2.45, 2.75) is 135 Å². The van der Waals surface area contributed by atoms with Crippen LogP contribution in [0.2, 0.25) is 0 Å². The molecule has 0 heterocycles. The Bertz CT molecular complexity index is 359. The first-order valence-corrected chi connectivity index (χ1v) is 12.3. The van der Waals surface area contributed by atoms with Crippen molar-refractivity contribution in [2.24, 2.45) is 0 Å². The van der Waals surface area contributed by atoms with Gasteiger partial charge in [0.25, 0.3) is 0 Å². The van der Waals surface area contributed by atoms with Crippen LogP contribution in [0.25, 0.3) is 0 Å². The van der Waals surface area contributed by atoms with Gasteiger partial charge in [-0.2, -0.15) is 0 Å². The van der Waals surface area contributed by atoms with Crippen LogP contribution >= 0.6 is 0 Å². The van der Waals surface area contributed by atoms with Gasteiger partial charge < -0.3 is 4.74 Å². The van der Waals surface area contributed by atoms with Gasteiger partial charge in [0.15, 0.2) is 0 Å². The Kier molecular flexibility index (Phi) is 23.1. The second-order valence-corrected chi connectivity index (χ2v) is 8.17. The van der Waals surface area contributed by atoms with Gasteiger partial charge in [-0.15, -0.1) is 0 Å². The zero-order valence-corrected chi connectivity index (χ0v) is 18.9. The average molecular weight is 393 g/mol. The van der Waals surface area contributed by atoms with Gasteiger partial charge in [0.2, 0.25) is 0 Å². The van der Waals surface area contributed by atoms with Gasteiger partial charge in [0, 0.05) is 6.08 Å². The normalized spacial score (nSPS) is 11.2.